The number of halogens is 3. The molecule has 0 aliphatic rings. The van der Waals surface area contributed by atoms with Gasteiger partial charge in [0.1, 0.15) is 23.7 Å². The number of hydrogen-bond donors (Lipinski definition) is 0. The molecule has 0 radical (unpaired) electrons. The molecule has 6 aromatic rings. The fourth-order valence-electron chi connectivity index (χ4n) is 6.21. The Morgan fingerprint density at radius 2 is 1.45 bits per heavy atom. The average molecular weight is 942 g/mol. The second kappa shape index (κ2) is 20.2. The summed E-state index contributed by atoms with van der Waals surface area (Å²) in [6.07, 6.45) is -2.48. The van der Waals surface area contributed by atoms with E-state index in [9.17, 15) is 43.8 Å². The van der Waals surface area contributed by atoms with Crippen molar-refractivity contribution in [3.8, 4) is 11.5 Å². The number of esters is 2. The van der Waals surface area contributed by atoms with Gasteiger partial charge in [-0.15, -0.1) is 0 Å². The Labute approximate surface area is 369 Å². The number of nitrogens with zero attached hydrogens (tertiary/aromatic N) is 3. The lowest BCUT2D eigenvalue weighted by atomic mass is 10.1. The van der Waals surface area contributed by atoms with E-state index in [0.717, 1.165) is 38.9 Å². The number of pyridine rings is 1. The Morgan fingerprint density at radius 3 is 2.16 bits per heavy atom. The highest BCUT2D eigenvalue weighted by atomic mass is 32.2. The third-order valence-electron chi connectivity index (χ3n) is 9.63. The van der Waals surface area contributed by atoms with Crippen molar-refractivity contribution in [1.82, 2.24) is 13.9 Å². The number of para-hydroxylation sites is 2. The monoisotopic (exact) mass is 941 g/mol. The van der Waals surface area contributed by atoms with E-state index >= 15 is 0 Å². The molecule has 1 atom stereocenters. The Hall–Kier alpha value is -6.12. The predicted octanol–water partition coefficient (Wildman–Crippen LogP) is 7.03. The first-order chi connectivity index (χ1) is 30.3. The number of carbonyl (C=O) groups excluding carboxylic acids is 2. The number of sulfone groups is 1. The molecular weight excluding hydrogens is 900 g/mol. The van der Waals surface area contributed by atoms with Gasteiger partial charge in [0.25, 0.3) is 10.0 Å². The second-order valence-electron chi connectivity index (χ2n) is 14.5. The third kappa shape index (κ3) is 11.9. The summed E-state index contributed by atoms with van der Waals surface area (Å²) < 4.78 is 129. The molecule has 14 nitrogen and oxygen atoms in total. The van der Waals surface area contributed by atoms with Gasteiger partial charge >= 0.3 is 18.1 Å². The van der Waals surface area contributed by atoms with Gasteiger partial charge in [0.2, 0.25) is 5.16 Å². The molecule has 1 unspecified atom stereocenters. The lowest BCUT2D eigenvalue weighted by Crippen LogP contribution is -2.21. The van der Waals surface area contributed by atoms with E-state index in [-0.39, 0.29) is 45.3 Å². The van der Waals surface area contributed by atoms with Crippen molar-refractivity contribution in [1.29, 1.82) is 0 Å². The Morgan fingerprint density at radius 1 is 0.781 bits per heavy atom. The molecule has 2 heterocycles. The molecule has 338 valence electrons. The van der Waals surface area contributed by atoms with Crippen LogP contribution in [0.3, 0.4) is 0 Å². The van der Waals surface area contributed by atoms with Crippen LogP contribution in [0.25, 0.3) is 11.0 Å². The number of fused-ring (bicyclic) bond motifs is 1. The lowest BCUT2D eigenvalue weighted by Gasteiger charge is -2.15. The first kappa shape index (κ1) is 47.4. The summed E-state index contributed by atoms with van der Waals surface area (Å²) in [7, 11) is -10.8. The van der Waals surface area contributed by atoms with Gasteiger partial charge in [-0.3, -0.25) is 9.19 Å². The number of alkyl halides is 3. The van der Waals surface area contributed by atoms with Crippen molar-refractivity contribution in [3.63, 3.8) is 0 Å². The quantitative estimate of drug-likeness (QED) is 0.0596. The van der Waals surface area contributed by atoms with Gasteiger partial charge in [0, 0.05) is 11.8 Å². The number of carbonyl (C=O) groups is 2. The molecule has 6 rings (SSSR count). The minimum absolute atomic E-state index is 0.0190. The molecule has 2 aromatic heterocycles. The maximum Gasteiger partial charge on any atom is 0.422 e. The van der Waals surface area contributed by atoms with Gasteiger partial charge in [0.15, 0.2) is 23.1 Å². The summed E-state index contributed by atoms with van der Waals surface area (Å²) in [5.74, 6) is -3.37. The number of imidazole rings is 1. The van der Waals surface area contributed by atoms with E-state index in [2.05, 4.69) is 9.97 Å². The van der Waals surface area contributed by atoms with Crippen molar-refractivity contribution in [2.45, 2.75) is 60.5 Å². The van der Waals surface area contributed by atoms with Crippen LogP contribution in [0.5, 0.6) is 11.5 Å². The number of ether oxygens (including phenoxy) is 4. The van der Waals surface area contributed by atoms with E-state index in [0.29, 0.717) is 12.8 Å². The zero-order valence-electron chi connectivity index (χ0n) is 34.7. The third-order valence-corrected chi connectivity index (χ3v) is 14.4. The van der Waals surface area contributed by atoms with Crippen molar-refractivity contribution < 1.29 is 62.8 Å². The highest BCUT2D eigenvalue weighted by Gasteiger charge is 2.31. The van der Waals surface area contributed by atoms with Crippen LogP contribution in [-0.4, -0.2) is 85.3 Å². The van der Waals surface area contributed by atoms with Crippen LogP contribution in [0, 0.1) is 20.8 Å². The van der Waals surface area contributed by atoms with Crippen LogP contribution in [0.15, 0.2) is 118 Å². The number of benzene rings is 4. The molecule has 0 saturated heterocycles. The van der Waals surface area contributed by atoms with Gasteiger partial charge in [-0.05, 0) is 87.7 Å². The standard InChI is InChI=1S/C44H42F3N3O11S3/c1-29-10-14-32(15-11-29)7-6-22-59-42(52)35-25-34(18-19-40(35)60-26-41(51)58-23-24-63(54,55)33-16-12-30(2)13-17-33)64(56,57)50-38-9-5-4-8-36(38)49-43(50)62(53)27-37-31(3)39(20-21-48-37)61-28-44(45,46)47/h4-5,8-21,25H,6-7,22-24,26-28H2,1-3H3. The topological polar surface area (TPSA) is 187 Å². The lowest BCUT2D eigenvalue weighted by molar-refractivity contribution is -0.153. The summed E-state index contributed by atoms with van der Waals surface area (Å²) >= 11 is 0. The van der Waals surface area contributed by atoms with Crippen LogP contribution in [0.1, 0.15) is 44.7 Å². The molecule has 0 aliphatic heterocycles. The Balaban J connectivity index is 1.26. The van der Waals surface area contributed by atoms with Gasteiger partial charge in [-0.2, -0.15) is 13.2 Å². The first-order valence-electron chi connectivity index (χ1n) is 19.5. The van der Waals surface area contributed by atoms with Gasteiger partial charge in [0.05, 0.1) is 55.4 Å². The first-order valence-corrected chi connectivity index (χ1v) is 23.9. The molecule has 0 N–H and O–H groups in total. The van der Waals surface area contributed by atoms with Crippen LogP contribution in [-0.2, 0) is 57.1 Å². The fourth-order valence-corrected chi connectivity index (χ4v) is 10.4. The minimum Gasteiger partial charge on any atom is -0.484 e. The SMILES string of the molecule is Cc1ccc(CCCOC(=O)c2cc(S(=O)(=O)n3c(S(=O)Cc4nccc(OCC(F)(F)F)c4C)nc4ccccc43)ccc2OCC(=O)OCCS(=O)(=O)c2ccc(C)cc2)cc1. The summed E-state index contributed by atoms with van der Waals surface area (Å²) in [5, 5.41) is -0.447. The van der Waals surface area contributed by atoms with E-state index in [1.807, 2.05) is 31.2 Å². The normalized spacial score (nSPS) is 12.5. The maximum atomic E-state index is 14.6. The summed E-state index contributed by atoms with van der Waals surface area (Å²) in [5.41, 5.74) is 2.92. The Kier molecular flexibility index (Phi) is 14.9. The molecular formula is C44H42F3N3O11S3. The summed E-state index contributed by atoms with van der Waals surface area (Å²) in [4.78, 5) is 34.5. The smallest absolute Gasteiger partial charge is 0.422 e. The molecule has 0 spiro atoms. The van der Waals surface area contributed by atoms with E-state index in [1.165, 1.54) is 49.5 Å². The van der Waals surface area contributed by atoms with Crippen LogP contribution >= 0.6 is 0 Å². The maximum absolute atomic E-state index is 14.6. The van der Waals surface area contributed by atoms with Crippen molar-refractivity contribution in [2.24, 2.45) is 0 Å². The van der Waals surface area contributed by atoms with Gasteiger partial charge < -0.3 is 18.9 Å². The predicted molar refractivity (Wildman–Crippen MR) is 229 cm³/mol. The molecule has 0 bridgehead atoms. The van der Waals surface area contributed by atoms with Crippen LogP contribution < -0.4 is 9.47 Å². The zero-order valence-corrected chi connectivity index (χ0v) is 37.1. The summed E-state index contributed by atoms with van der Waals surface area (Å²) in [6.45, 7) is 2.23. The number of rotatable bonds is 19. The van der Waals surface area contributed by atoms with Crippen molar-refractivity contribution >= 4 is 53.6 Å². The average Bonchev–Trinajstić information content (AvgIpc) is 3.66. The zero-order chi connectivity index (χ0) is 46.2. The molecule has 64 heavy (non-hydrogen) atoms. The minimum atomic E-state index is -4.77. The van der Waals surface area contributed by atoms with Gasteiger partial charge in [-0.25, -0.2) is 35.4 Å². The van der Waals surface area contributed by atoms with Crippen LogP contribution in [0.2, 0.25) is 0 Å². The van der Waals surface area contributed by atoms with E-state index in [4.69, 9.17) is 18.9 Å². The van der Waals surface area contributed by atoms with Crippen LogP contribution in [0.4, 0.5) is 13.2 Å². The molecule has 0 aliphatic carbocycles. The second-order valence-corrected chi connectivity index (χ2v) is 19.7. The highest BCUT2D eigenvalue weighted by molar-refractivity contribution is 7.91. The van der Waals surface area contributed by atoms with Gasteiger partial charge in [-0.1, -0.05) is 59.7 Å². The molecule has 20 heteroatoms. The van der Waals surface area contributed by atoms with E-state index < -0.39 is 95.7 Å². The van der Waals surface area contributed by atoms with Crippen molar-refractivity contribution in [2.75, 3.05) is 32.2 Å². The van der Waals surface area contributed by atoms with Crippen molar-refractivity contribution in [3.05, 3.63) is 137 Å². The number of hydrogen-bond acceptors (Lipinski definition) is 13. The largest absolute Gasteiger partial charge is 0.484 e. The molecule has 0 fully saturated rings. The Bertz CT molecular complexity index is 2900. The molecule has 0 saturated carbocycles. The van der Waals surface area contributed by atoms with E-state index in [1.54, 1.807) is 25.1 Å². The fraction of sp³-hybridized carbons (Fsp3) is 0.273. The summed E-state index contributed by atoms with van der Waals surface area (Å²) in [6, 6.07) is 24.4. The molecule has 4 aromatic carbocycles. The number of aryl methyl sites for hydroxylation is 3. The molecule has 0 amide bonds. The number of aromatic nitrogens is 3. The highest BCUT2D eigenvalue weighted by Crippen LogP contribution is 2.31.